The number of nitrogens with zero attached hydrogens (tertiary/aromatic N) is 2. The highest BCUT2D eigenvalue weighted by Crippen LogP contribution is 2.27. The summed E-state index contributed by atoms with van der Waals surface area (Å²) in [5, 5.41) is 5.91. The minimum absolute atomic E-state index is 0. The Balaban J connectivity index is 0.00000216. The number of fused-ring (bicyclic) bond motifs is 1. The summed E-state index contributed by atoms with van der Waals surface area (Å²) in [7, 11) is 0. The van der Waals surface area contributed by atoms with E-state index in [-0.39, 0.29) is 44.6 Å². The minimum Gasteiger partial charge on any atom is -0.361 e. The van der Waals surface area contributed by atoms with Crippen LogP contribution in [0.5, 0.6) is 0 Å². The van der Waals surface area contributed by atoms with Crippen LogP contribution in [-0.2, 0) is 11.2 Å². The number of carbonyl (C=O) groups is 2. The van der Waals surface area contributed by atoms with Crippen molar-refractivity contribution in [1.82, 2.24) is 9.88 Å². The largest absolute Gasteiger partial charge is 0.361 e. The van der Waals surface area contributed by atoms with E-state index in [2.05, 4.69) is 20.5 Å². The molecule has 1 saturated heterocycles. The highest BCUT2D eigenvalue weighted by molar-refractivity contribution is 7.59. The molecule has 0 radical (unpaired) electrons. The van der Waals surface area contributed by atoms with Crippen LogP contribution in [-0.4, -0.2) is 34.5 Å². The summed E-state index contributed by atoms with van der Waals surface area (Å²) in [4.78, 5) is 33.5. The first kappa shape index (κ1) is 27.7. The number of hydrogen-bond donors (Lipinski definition) is 3. The number of likely N-dealkylation sites (tertiary alicyclic amines) is 1. The normalized spacial score (nSPS) is 15.5. The van der Waals surface area contributed by atoms with Gasteiger partial charge in [-0.3, -0.25) is 14.5 Å². The summed E-state index contributed by atoms with van der Waals surface area (Å²) < 4.78 is 26.7. The fourth-order valence-electron chi connectivity index (χ4n) is 4.19. The zero-order valence-corrected chi connectivity index (χ0v) is 19.5. The maximum absolute atomic E-state index is 13.3. The number of amides is 3. The standard InChI is InChI=1S/C24H23F2N5O2.CH4.H2S/c1-14(23(32)31-7-3-4-22(31)27-2)8-15-13-28-21-6-5-18(12-20(15)21)29-24(33)30-19-10-16(25)9-17(26)11-19;;/h5-6,9-14,22,28H,3-4,7-8H2,1H3,(H2,29,30,33);1H4;1H2/t14-,22+;;/m1../s1. The van der Waals surface area contributed by atoms with E-state index in [1.165, 1.54) is 0 Å². The number of rotatable bonds is 5. The average Bonchev–Trinajstić information content (AvgIpc) is 3.39. The van der Waals surface area contributed by atoms with E-state index in [1.54, 1.807) is 23.1 Å². The number of benzene rings is 2. The Morgan fingerprint density at radius 1 is 1.17 bits per heavy atom. The third-order valence-electron chi connectivity index (χ3n) is 5.75. The number of anilines is 2. The molecule has 2 aromatic carbocycles. The topological polar surface area (TPSA) is 81.6 Å². The average molecular weight is 502 g/mol. The van der Waals surface area contributed by atoms with Crippen molar-refractivity contribution >= 4 is 47.7 Å². The third kappa shape index (κ3) is 6.31. The van der Waals surface area contributed by atoms with Gasteiger partial charge in [0.05, 0.1) is 0 Å². The molecule has 35 heavy (non-hydrogen) atoms. The van der Waals surface area contributed by atoms with Crippen molar-refractivity contribution in [3.8, 4) is 0 Å². The molecule has 10 heteroatoms. The van der Waals surface area contributed by atoms with E-state index >= 15 is 0 Å². The first-order valence-electron chi connectivity index (χ1n) is 10.6. The van der Waals surface area contributed by atoms with Gasteiger partial charge in [-0.25, -0.2) is 20.1 Å². The van der Waals surface area contributed by atoms with E-state index < -0.39 is 17.7 Å². The molecule has 1 fully saturated rings. The smallest absolute Gasteiger partial charge is 0.323 e. The van der Waals surface area contributed by atoms with E-state index in [0.29, 0.717) is 25.1 Å². The predicted octanol–water partition coefficient (Wildman–Crippen LogP) is 5.89. The molecule has 0 bridgehead atoms. The highest BCUT2D eigenvalue weighted by atomic mass is 32.1. The Labute approximate surface area is 210 Å². The Bertz CT molecular complexity index is 1240. The number of nitrogens with one attached hydrogen (secondary N) is 3. The van der Waals surface area contributed by atoms with Crippen molar-refractivity contribution in [2.24, 2.45) is 5.92 Å². The number of urea groups is 1. The lowest BCUT2D eigenvalue weighted by molar-refractivity contribution is -0.135. The molecule has 3 aromatic rings. The number of hydrogen-bond acceptors (Lipinski definition) is 2. The van der Waals surface area contributed by atoms with Gasteiger partial charge in [-0.2, -0.15) is 13.5 Å². The SMILES string of the molecule is C.S.[C-]#[N+][C@@H]1CCCN1C(=O)[C@H](C)Cc1c[nH]c2ccc(NC(=O)Nc3cc(F)cc(F)c3)cc12. The van der Waals surface area contributed by atoms with Gasteiger partial charge in [0.1, 0.15) is 11.6 Å². The third-order valence-corrected chi connectivity index (χ3v) is 5.75. The summed E-state index contributed by atoms with van der Waals surface area (Å²) in [6.07, 6.45) is 3.51. The summed E-state index contributed by atoms with van der Waals surface area (Å²) in [5.74, 6) is -1.90. The zero-order chi connectivity index (χ0) is 23.5. The van der Waals surface area contributed by atoms with Crippen molar-refractivity contribution < 1.29 is 18.4 Å². The lowest BCUT2D eigenvalue weighted by atomic mass is 9.99. The molecule has 7 nitrogen and oxygen atoms in total. The molecule has 2 atom stereocenters. The molecule has 1 aliphatic rings. The highest BCUT2D eigenvalue weighted by Gasteiger charge is 2.35. The second kappa shape index (κ2) is 11.7. The van der Waals surface area contributed by atoms with Crippen LogP contribution in [0.3, 0.4) is 0 Å². The lowest BCUT2D eigenvalue weighted by Crippen LogP contribution is -2.38. The summed E-state index contributed by atoms with van der Waals surface area (Å²) in [5.41, 5.74) is 2.26. The van der Waals surface area contributed by atoms with Gasteiger partial charge in [-0.1, -0.05) is 14.4 Å². The first-order valence-corrected chi connectivity index (χ1v) is 10.6. The van der Waals surface area contributed by atoms with Crippen LogP contribution < -0.4 is 10.6 Å². The van der Waals surface area contributed by atoms with E-state index in [0.717, 1.165) is 41.1 Å². The number of H-pyrrole nitrogens is 1. The molecule has 0 unspecified atom stereocenters. The predicted molar refractivity (Wildman–Crippen MR) is 139 cm³/mol. The van der Waals surface area contributed by atoms with Crippen LogP contribution in [0.4, 0.5) is 25.0 Å². The minimum atomic E-state index is -0.788. The van der Waals surface area contributed by atoms with Gasteiger partial charge in [-0.05, 0) is 48.7 Å². The molecule has 1 aromatic heterocycles. The van der Waals surface area contributed by atoms with Gasteiger partial charge >= 0.3 is 12.2 Å². The Kier molecular flexibility index (Phi) is 9.25. The summed E-state index contributed by atoms with van der Waals surface area (Å²) in [6.45, 7) is 9.76. The van der Waals surface area contributed by atoms with Gasteiger partial charge in [0.2, 0.25) is 5.91 Å². The second-order valence-electron chi connectivity index (χ2n) is 8.20. The van der Waals surface area contributed by atoms with Crippen molar-refractivity contribution in [3.63, 3.8) is 0 Å². The molecule has 0 spiro atoms. The lowest BCUT2D eigenvalue weighted by Gasteiger charge is -2.20. The van der Waals surface area contributed by atoms with Crippen LogP contribution in [0.2, 0.25) is 0 Å². The Morgan fingerprint density at radius 3 is 2.54 bits per heavy atom. The quantitative estimate of drug-likeness (QED) is 0.381. The van der Waals surface area contributed by atoms with Crippen molar-refractivity contribution in [1.29, 1.82) is 0 Å². The zero-order valence-electron chi connectivity index (χ0n) is 18.5. The molecule has 2 heterocycles. The molecule has 3 N–H and O–H groups in total. The van der Waals surface area contributed by atoms with Crippen molar-refractivity contribution in [2.45, 2.75) is 39.8 Å². The number of halogens is 2. The molecule has 3 amide bonds. The molecular weight excluding hydrogens is 472 g/mol. The van der Waals surface area contributed by atoms with E-state index in [1.807, 2.05) is 13.1 Å². The van der Waals surface area contributed by atoms with Gasteiger partial charge in [0, 0.05) is 53.4 Å². The summed E-state index contributed by atoms with van der Waals surface area (Å²) >= 11 is 0. The first-order chi connectivity index (χ1) is 15.8. The molecular formula is C25H29F2N5O2S. The van der Waals surface area contributed by atoms with Crippen molar-refractivity contribution in [3.05, 3.63) is 71.2 Å². The van der Waals surface area contributed by atoms with Gasteiger partial charge in [0.15, 0.2) is 0 Å². The number of carbonyl (C=O) groups excluding carboxylic acids is 2. The second-order valence-corrected chi connectivity index (χ2v) is 8.20. The van der Waals surface area contributed by atoms with Crippen LogP contribution >= 0.6 is 13.5 Å². The molecule has 0 saturated carbocycles. The monoisotopic (exact) mass is 501 g/mol. The molecule has 0 aliphatic carbocycles. The molecule has 1 aliphatic heterocycles. The van der Waals surface area contributed by atoms with Gasteiger partial charge < -0.3 is 15.6 Å². The number of aromatic nitrogens is 1. The fraction of sp³-hybridized carbons (Fsp3) is 0.320. The van der Waals surface area contributed by atoms with Gasteiger partial charge in [-0.15, -0.1) is 0 Å². The van der Waals surface area contributed by atoms with Crippen LogP contribution in [0.25, 0.3) is 15.7 Å². The summed E-state index contributed by atoms with van der Waals surface area (Å²) in [6, 6.07) is 7.41. The van der Waals surface area contributed by atoms with Crippen LogP contribution in [0.1, 0.15) is 32.8 Å². The molecule has 186 valence electrons. The van der Waals surface area contributed by atoms with Crippen molar-refractivity contribution in [2.75, 3.05) is 17.2 Å². The van der Waals surface area contributed by atoms with Gasteiger partial charge in [0.25, 0.3) is 0 Å². The fourth-order valence-corrected chi connectivity index (χ4v) is 4.19. The Hall–Kier alpha value is -3.58. The van der Waals surface area contributed by atoms with Crippen LogP contribution in [0, 0.1) is 24.1 Å². The Morgan fingerprint density at radius 2 is 1.86 bits per heavy atom. The van der Waals surface area contributed by atoms with E-state index in [9.17, 15) is 18.4 Å². The molecule has 4 rings (SSSR count). The number of aromatic amines is 1. The van der Waals surface area contributed by atoms with Crippen LogP contribution in [0.15, 0.2) is 42.6 Å². The van der Waals surface area contributed by atoms with E-state index in [4.69, 9.17) is 6.57 Å². The maximum Gasteiger partial charge on any atom is 0.323 e. The maximum atomic E-state index is 13.3.